The van der Waals surface area contributed by atoms with Crippen molar-refractivity contribution in [3.05, 3.63) is 70.5 Å². The molecule has 0 spiro atoms. The van der Waals surface area contributed by atoms with E-state index in [1.807, 2.05) is 0 Å². The number of unbranched alkanes of at least 4 members (excludes halogenated alkanes) is 6. The van der Waals surface area contributed by atoms with Crippen molar-refractivity contribution in [2.45, 2.75) is 58.4 Å². The van der Waals surface area contributed by atoms with Crippen LogP contribution in [0.1, 0.15) is 51.9 Å². The molecule has 0 saturated carbocycles. The minimum atomic E-state index is 0.470. The van der Waals surface area contributed by atoms with E-state index in [9.17, 15) is 0 Å². The molecule has 0 radical (unpaired) electrons. The van der Waals surface area contributed by atoms with Gasteiger partial charge in [0.1, 0.15) is 0 Å². The van der Waals surface area contributed by atoms with Gasteiger partial charge in [-0.15, -0.1) is 0 Å². The first kappa shape index (κ1) is 22.1. The van der Waals surface area contributed by atoms with E-state index in [2.05, 4.69) is 82.0 Å². The number of hydrogen-bond acceptors (Lipinski definition) is 0. The Morgan fingerprint density at radius 3 is 1.66 bits per heavy atom. The Balaban J connectivity index is 1.50. The summed E-state index contributed by atoms with van der Waals surface area (Å²) < 4.78 is 5.58. The van der Waals surface area contributed by atoms with Gasteiger partial charge in [0.15, 0.2) is 0 Å². The number of aryl methyl sites for hydroxylation is 1. The summed E-state index contributed by atoms with van der Waals surface area (Å²) >= 11 is 0.940. The SMILES string of the molecule is CCCCCCCCCn1c2ccc(-c3ccc[se]3)cc2c2cc(-c3ccc[se]3)ccc21. The Labute approximate surface area is 203 Å². The van der Waals surface area contributed by atoms with Gasteiger partial charge in [-0.2, -0.15) is 0 Å². The summed E-state index contributed by atoms with van der Waals surface area (Å²) in [4.78, 5) is 4.63. The van der Waals surface area contributed by atoms with Gasteiger partial charge >= 0.3 is 185 Å². The monoisotopic (exact) mass is 553 g/mol. The van der Waals surface area contributed by atoms with Crippen molar-refractivity contribution in [1.82, 2.24) is 4.57 Å². The molecular weight excluding hydrogens is 520 g/mol. The predicted molar refractivity (Wildman–Crippen MR) is 142 cm³/mol. The second kappa shape index (κ2) is 10.4. The third-order valence-corrected chi connectivity index (χ3v) is 10.3. The molecule has 0 aliphatic heterocycles. The van der Waals surface area contributed by atoms with Crippen molar-refractivity contribution >= 4 is 50.8 Å². The van der Waals surface area contributed by atoms with Crippen LogP contribution in [0.5, 0.6) is 0 Å². The Morgan fingerprint density at radius 2 is 1.16 bits per heavy atom. The third-order valence-electron chi connectivity index (χ3n) is 6.46. The number of rotatable bonds is 10. The second-order valence-corrected chi connectivity index (χ2v) is 12.7. The average molecular weight is 551 g/mol. The maximum atomic E-state index is 2.59. The van der Waals surface area contributed by atoms with E-state index >= 15 is 0 Å². The standard InChI is InChI=1S/C29H31NSe2/c1-2-3-4-5-6-7-8-17-30-26-15-13-22(28-11-9-18-31-28)20-24(26)25-21-23(14-16-27(25)30)29-12-10-19-32-29/h9-16,18-21H,2-8,17H2,1H3. The normalized spacial score (nSPS) is 11.7. The fraction of sp³-hybridized carbons (Fsp3) is 0.310. The van der Waals surface area contributed by atoms with E-state index in [0.29, 0.717) is 29.0 Å². The predicted octanol–water partition coefficient (Wildman–Crippen LogP) is 7.99. The topological polar surface area (TPSA) is 4.93 Å². The van der Waals surface area contributed by atoms with Crippen LogP contribution in [-0.2, 0) is 6.54 Å². The van der Waals surface area contributed by atoms with Crippen LogP contribution >= 0.6 is 0 Å². The molecule has 0 saturated heterocycles. The van der Waals surface area contributed by atoms with E-state index in [4.69, 9.17) is 0 Å². The molecular formula is C29H31NSe2. The van der Waals surface area contributed by atoms with Gasteiger partial charge in [0, 0.05) is 0 Å². The molecule has 0 bridgehead atoms. The number of benzene rings is 2. The van der Waals surface area contributed by atoms with Crippen LogP contribution in [0.15, 0.2) is 70.5 Å². The Morgan fingerprint density at radius 1 is 0.625 bits per heavy atom. The zero-order valence-electron chi connectivity index (χ0n) is 18.8. The molecule has 0 unspecified atom stereocenters. The summed E-state index contributed by atoms with van der Waals surface area (Å²) in [5, 5.41) is 2.84. The first-order chi connectivity index (χ1) is 15.8. The fourth-order valence-corrected chi connectivity index (χ4v) is 7.80. The molecule has 0 aliphatic rings. The third kappa shape index (κ3) is 4.63. The quantitative estimate of drug-likeness (QED) is 0.123. The van der Waals surface area contributed by atoms with Crippen LogP contribution in [0.25, 0.3) is 41.8 Å². The van der Waals surface area contributed by atoms with Crippen molar-refractivity contribution in [3.63, 3.8) is 0 Å². The summed E-state index contributed by atoms with van der Waals surface area (Å²) in [5.41, 5.74) is 5.59. The molecule has 5 aromatic rings. The zero-order valence-corrected chi connectivity index (χ0v) is 22.3. The van der Waals surface area contributed by atoms with Gasteiger partial charge in [-0.3, -0.25) is 0 Å². The van der Waals surface area contributed by atoms with Gasteiger partial charge in [0.2, 0.25) is 0 Å². The van der Waals surface area contributed by atoms with Crippen LogP contribution in [0.2, 0.25) is 0 Å². The Kier molecular flexibility index (Phi) is 7.20. The summed E-state index contributed by atoms with van der Waals surface area (Å²) in [5.74, 6) is 0. The zero-order chi connectivity index (χ0) is 21.8. The summed E-state index contributed by atoms with van der Waals surface area (Å²) in [7, 11) is 0. The van der Waals surface area contributed by atoms with E-state index in [-0.39, 0.29) is 0 Å². The van der Waals surface area contributed by atoms with Crippen molar-refractivity contribution in [1.29, 1.82) is 0 Å². The first-order valence-electron chi connectivity index (χ1n) is 12.0. The number of nitrogens with zero attached hydrogens (tertiary/aromatic N) is 1. The molecule has 3 heterocycles. The molecule has 164 valence electrons. The van der Waals surface area contributed by atoms with Crippen LogP contribution in [0.4, 0.5) is 0 Å². The molecule has 0 aliphatic carbocycles. The number of aromatic nitrogens is 1. The first-order valence-corrected chi connectivity index (χ1v) is 15.7. The molecule has 1 nitrogen and oxygen atoms in total. The molecule has 0 atom stereocenters. The Bertz CT molecular complexity index is 1180. The number of fused-ring (bicyclic) bond motifs is 3. The van der Waals surface area contributed by atoms with Crippen LogP contribution in [0, 0.1) is 0 Å². The van der Waals surface area contributed by atoms with Gasteiger partial charge in [0.05, 0.1) is 0 Å². The number of hydrogen-bond donors (Lipinski definition) is 0. The van der Waals surface area contributed by atoms with E-state index < -0.39 is 0 Å². The van der Waals surface area contributed by atoms with Gasteiger partial charge in [0.25, 0.3) is 0 Å². The van der Waals surface area contributed by atoms with Crippen LogP contribution in [-0.4, -0.2) is 33.6 Å². The maximum absolute atomic E-state index is 2.59. The summed E-state index contributed by atoms with van der Waals surface area (Å²) in [6.45, 7) is 3.41. The van der Waals surface area contributed by atoms with Gasteiger partial charge in [-0.25, -0.2) is 0 Å². The molecule has 2 aromatic carbocycles. The summed E-state index contributed by atoms with van der Waals surface area (Å²) in [6, 6.07) is 23.4. The molecule has 0 fully saturated rings. The molecule has 0 N–H and O–H groups in total. The van der Waals surface area contributed by atoms with Gasteiger partial charge in [-0.1, -0.05) is 19.8 Å². The Hall–Kier alpha value is -1.76. The van der Waals surface area contributed by atoms with Crippen molar-refractivity contribution in [3.8, 4) is 20.0 Å². The van der Waals surface area contributed by atoms with Crippen LogP contribution < -0.4 is 0 Å². The van der Waals surface area contributed by atoms with Crippen molar-refractivity contribution in [2.24, 2.45) is 0 Å². The van der Waals surface area contributed by atoms with E-state index in [1.165, 1.54) is 86.8 Å². The molecule has 0 amide bonds. The molecule has 3 heteroatoms. The van der Waals surface area contributed by atoms with Gasteiger partial charge in [-0.05, 0) is 0 Å². The minimum absolute atomic E-state index is 0.470. The van der Waals surface area contributed by atoms with Crippen molar-refractivity contribution in [2.75, 3.05) is 0 Å². The summed E-state index contributed by atoms with van der Waals surface area (Å²) in [6.07, 6.45) is 9.48. The molecule has 5 rings (SSSR count). The van der Waals surface area contributed by atoms with E-state index in [1.54, 1.807) is 0 Å². The van der Waals surface area contributed by atoms with Gasteiger partial charge < -0.3 is 0 Å². The van der Waals surface area contributed by atoms with E-state index in [0.717, 1.165) is 6.54 Å². The fourth-order valence-electron chi connectivity index (χ4n) is 4.76. The molecule has 3 aromatic heterocycles. The van der Waals surface area contributed by atoms with Crippen molar-refractivity contribution < 1.29 is 0 Å². The molecule has 32 heavy (non-hydrogen) atoms. The average Bonchev–Trinajstić information content (AvgIpc) is 3.59. The van der Waals surface area contributed by atoms with Crippen LogP contribution in [0.3, 0.4) is 0 Å². The second-order valence-electron chi connectivity index (χ2n) is 8.69.